The lowest BCUT2D eigenvalue weighted by atomic mass is 9.57. The summed E-state index contributed by atoms with van der Waals surface area (Å²) in [7, 11) is 1.48. The Bertz CT molecular complexity index is 394. The molecule has 0 heterocycles. The molecule has 2 nitrogen and oxygen atoms in total. The van der Waals surface area contributed by atoms with E-state index in [4.69, 9.17) is 4.74 Å². The number of methoxy groups -OCH3 is 1. The zero-order valence-electron chi connectivity index (χ0n) is 11.8. The van der Waals surface area contributed by atoms with Crippen LogP contribution in [0.5, 0.6) is 0 Å². The van der Waals surface area contributed by atoms with Crippen molar-refractivity contribution in [3.05, 3.63) is 23.8 Å². The molecule has 3 atom stereocenters. The first kappa shape index (κ1) is 13.4. The van der Waals surface area contributed by atoms with Gasteiger partial charge in [0.1, 0.15) is 0 Å². The molecular formula is C16H24O2. The Balaban J connectivity index is 2.26. The molecule has 100 valence electrons. The summed E-state index contributed by atoms with van der Waals surface area (Å²) in [6.45, 7) is 8.54. The quantitative estimate of drug-likeness (QED) is 0.547. The first-order chi connectivity index (χ1) is 8.48. The standard InChI is InChI=1S/C16H24O2/c1-11(2)12-7-9-16(3)8-5-6-13(14(16)10-12)15(17)18-4/h6,12,14H,1,5,7-10H2,2-4H3/t12-,14+,16+/m0/s1. The normalized spacial score (nSPS) is 35.4. The summed E-state index contributed by atoms with van der Waals surface area (Å²) in [6.07, 6.45) is 7.78. The Morgan fingerprint density at radius 3 is 2.83 bits per heavy atom. The first-order valence-electron chi connectivity index (χ1n) is 6.91. The van der Waals surface area contributed by atoms with Crippen molar-refractivity contribution in [3.8, 4) is 0 Å². The van der Waals surface area contributed by atoms with Crippen LogP contribution in [0.3, 0.4) is 0 Å². The highest BCUT2D eigenvalue weighted by Crippen LogP contribution is 2.53. The minimum absolute atomic E-state index is 0.131. The maximum Gasteiger partial charge on any atom is 0.333 e. The van der Waals surface area contributed by atoms with Gasteiger partial charge in [0, 0.05) is 5.57 Å². The number of hydrogen-bond acceptors (Lipinski definition) is 2. The van der Waals surface area contributed by atoms with Crippen LogP contribution in [0, 0.1) is 17.3 Å². The molecule has 2 rings (SSSR count). The minimum atomic E-state index is -0.131. The molecule has 0 aromatic heterocycles. The van der Waals surface area contributed by atoms with Crippen molar-refractivity contribution in [1.29, 1.82) is 0 Å². The van der Waals surface area contributed by atoms with E-state index >= 15 is 0 Å². The second kappa shape index (κ2) is 4.91. The minimum Gasteiger partial charge on any atom is -0.466 e. The van der Waals surface area contributed by atoms with Crippen molar-refractivity contribution in [2.45, 2.75) is 46.0 Å². The third-order valence-corrected chi connectivity index (χ3v) is 5.00. The number of carbonyl (C=O) groups excluding carboxylic acids is 1. The summed E-state index contributed by atoms with van der Waals surface area (Å²) >= 11 is 0. The zero-order valence-corrected chi connectivity index (χ0v) is 11.8. The highest BCUT2D eigenvalue weighted by molar-refractivity contribution is 5.89. The van der Waals surface area contributed by atoms with Gasteiger partial charge in [0.15, 0.2) is 0 Å². The van der Waals surface area contributed by atoms with Crippen molar-refractivity contribution < 1.29 is 9.53 Å². The highest BCUT2D eigenvalue weighted by atomic mass is 16.5. The molecule has 0 bridgehead atoms. The van der Waals surface area contributed by atoms with Gasteiger partial charge in [-0.3, -0.25) is 0 Å². The lowest BCUT2D eigenvalue weighted by Gasteiger charge is -2.47. The summed E-state index contributed by atoms with van der Waals surface area (Å²) in [5.41, 5.74) is 2.45. The number of carbonyl (C=O) groups is 1. The molecule has 0 unspecified atom stereocenters. The number of ether oxygens (including phenoxy) is 1. The molecule has 0 aliphatic heterocycles. The predicted molar refractivity (Wildman–Crippen MR) is 73.1 cm³/mol. The fourth-order valence-electron chi connectivity index (χ4n) is 3.66. The molecule has 1 fully saturated rings. The molecular weight excluding hydrogens is 224 g/mol. The van der Waals surface area contributed by atoms with Crippen LogP contribution in [-0.2, 0) is 9.53 Å². The van der Waals surface area contributed by atoms with Gasteiger partial charge in [-0.05, 0) is 56.3 Å². The fourth-order valence-corrected chi connectivity index (χ4v) is 3.66. The van der Waals surface area contributed by atoms with Crippen LogP contribution in [0.2, 0.25) is 0 Å². The average molecular weight is 248 g/mol. The van der Waals surface area contributed by atoms with Gasteiger partial charge in [-0.1, -0.05) is 25.2 Å². The van der Waals surface area contributed by atoms with E-state index in [9.17, 15) is 4.79 Å². The van der Waals surface area contributed by atoms with Crippen molar-refractivity contribution >= 4 is 5.97 Å². The molecule has 0 amide bonds. The summed E-state index contributed by atoms with van der Waals surface area (Å²) in [5, 5.41) is 0. The maximum absolute atomic E-state index is 11.9. The number of fused-ring (bicyclic) bond motifs is 1. The molecule has 0 aromatic carbocycles. The fraction of sp³-hybridized carbons (Fsp3) is 0.688. The second-order valence-electron chi connectivity index (χ2n) is 6.21. The smallest absolute Gasteiger partial charge is 0.333 e. The topological polar surface area (TPSA) is 26.3 Å². The van der Waals surface area contributed by atoms with Crippen LogP contribution < -0.4 is 0 Å². The largest absolute Gasteiger partial charge is 0.466 e. The van der Waals surface area contributed by atoms with E-state index in [1.807, 2.05) is 0 Å². The van der Waals surface area contributed by atoms with E-state index in [1.165, 1.54) is 31.9 Å². The Morgan fingerprint density at radius 2 is 2.22 bits per heavy atom. The van der Waals surface area contributed by atoms with Gasteiger partial charge in [0.25, 0.3) is 0 Å². The van der Waals surface area contributed by atoms with Crippen LogP contribution in [0.15, 0.2) is 23.8 Å². The van der Waals surface area contributed by atoms with Gasteiger partial charge in [-0.15, -0.1) is 0 Å². The third kappa shape index (κ3) is 2.25. The first-order valence-corrected chi connectivity index (χ1v) is 6.91. The van der Waals surface area contributed by atoms with E-state index in [0.717, 1.165) is 18.4 Å². The predicted octanol–water partition coefficient (Wildman–Crippen LogP) is 3.88. The molecule has 2 heteroatoms. The highest BCUT2D eigenvalue weighted by Gasteiger charge is 2.45. The van der Waals surface area contributed by atoms with E-state index in [-0.39, 0.29) is 11.4 Å². The molecule has 2 aliphatic carbocycles. The summed E-state index contributed by atoms with van der Waals surface area (Å²) in [4.78, 5) is 11.9. The number of hydrogen-bond donors (Lipinski definition) is 0. The van der Waals surface area contributed by atoms with Crippen LogP contribution in [0.25, 0.3) is 0 Å². The van der Waals surface area contributed by atoms with Gasteiger partial charge in [0.2, 0.25) is 0 Å². The molecule has 0 radical (unpaired) electrons. The van der Waals surface area contributed by atoms with Crippen molar-refractivity contribution in [1.82, 2.24) is 0 Å². The van der Waals surface area contributed by atoms with Gasteiger partial charge in [0.05, 0.1) is 7.11 Å². The van der Waals surface area contributed by atoms with Crippen molar-refractivity contribution in [2.75, 3.05) is 7.11 Å². The average Bonchev–Trinajstić information content (AvgIpc) is 2.35. The van der Waals surface area contributed by atoms with Gasteiger partial charge in [-0.25, -0.2) is 4.79 Å². The van der Waals surface area contributed by atoms with Crippen molar-refractivity contribution in [2.24, 2.45) is 17.3 Å². The van der Waals surface area contributed by atoms with Gasteiger partial charge >= 0.3 is 5.97 Å². The van der Waals surface area contributed by atoms with Crippen LogP contribution in [-0.4, -0.2) is 13.1 Å². The Hall–Kier alpha value is -1.05. The Labute approximate surface area is 110 Å². The number of esters is 1. The molecule has 18 heavy (non-hydrogen) atoms. The molecule has 1 saturated carbocycles. The lowest BCUT2D eigenvalue weighted by Crippen LogP contribution is -2.39. The summed E-state index contributed by atoms with van der Waals surface area (Å²) < 4.78 is 4.95. The van der Waals surface area contributed by atoms with Crippen LogP contribution in [0.4, 0.5) is 0 Å². The third-order valence-electron chi connectivity index (χ3n) is 5.00. The van der Waals surface area contributed by atoms with Crippen LogP contribution >= 0.6 is 0 Å². The molecule has 0 spiro atoms. The monoisotopic (exact) mass is 248 g/mol. The summed E-state index contributed by atoms with van der Waals surface area (Å²) in [6, 6.07) is 0. The molecule has 2 aliphatic rings. The molecule has 0 saturated heterocycles. The van der Waals surface area contributed by atoms with E-state index in [0.29, 0.717) is 11.8 Å². The van der Waals surface area contributed by atoms with Gasteiger partial charge < -0.3 is 4.74 Å². The second-order valence-corrected chi connectivity index (χ2v) is 6.21. The maximum atomic E-state index is 11.9. The molecule has 0 N–H and O–H groups in total. The lowest BCUT2D eigenvalue weighted by molar-refractivity contribution is -0.138. The zero-order chi connectivity index (χ0) is 13.3. The van der Waals surface area contributed by atoms with Crippen LogP contribution in [0.1, 0.15) is 46.0 Å². The number of allylic oxidation sites excluding steroid dienone is 2. The number of rotatable bonds is 2. The van der Waals surface area contributed by atoms with E-state index < -0.39 is 0 Å². The summed E-state index contributed by atoms with van der Waals surface area (Å²) in [5.74, 6) is 0.789. The SMILES string of the molecule is C=C(C)[C@H]1CC[C@@]2(C)CCC=C(C(=O)OC)[C@H]2C1. The van der Waals surface area contributed by atoms with Gasteiger partial charge in [-0.2, -0.15) is 0 Å². The Morgan fingerprint density at radius 1 is 1.50 bits per heavy atom. The van der Waals surface area contributed by atoms with E-state index in [2.05, 4.69) is 26.5 Å². The molecule has 0 aromatic rings. The van der Waals surface area contributed by atoms with Crippen molar-refractivity contribution in [3.63, 3.8) is 0 Å². The van der Waals surface area contributed by atoms with E-state index in [1.54, 1.807) is 0 Å². The Kier molecular flexibility index (Phi) is 3.65.